The van der Waals surface area contributed by atoms with Crippen LogP contribution in [0.5, 0.6) is 0 Å². The Morgan fingerprint density at radius 3 is 1.19 bits per heavy atom. The SMILES string of the molecule is CCOC(=O)[C@@H](C)C[C@@H](C)C(=O)N1CCOCCN(C(=O)[C@@H](C)C[C@H](C)C(=O)OCC)CCOCC1. The van der Waals surface area contributed by atoms with Crippen molar-refractivity contribution in [1.29, 1.82) is 0 Å². The molecule has 1 fully saturated rings. The van der Waals surface area contributed by atoms with Crippen molar-refractivity contribution < 1.29 is 38.1 Å². The number of carbonyl (C=O) groups is 4. The minimum atomic E-state index is -0.352. The molecule has 0 aromatic heterocycles. The van der Waals surface area contributed by atoms with E-state index in [9.17, 15) is 19.2 Å². The van der Waals surface area contributed by atoms with E-state index in [2.05, 4.69) is 0 Å². The molecule has 1 saturated heterocycles. The van der Waals surface area contributed by atoms with Gasteiger partial charge in [-0.15, -0.1) is 0 Å². The highest BCUT2D eigenvalue weighted by Crippen LogP contribution is 2.18. The number of ether oxygens (including phenoxy) is 4. The Labute approximate surface area is 215 Å². The van der Waals surface area contributed by atoms with Crippen LogP contribution in [-0.4, -0.2) is 99.4 Å². The van der Waals surface area contributed by atoms with E-state index in [1.807, 2.05) is 13.8 Å². The molecule has 0 radical (unpaired) electrons. The van der Waals surface area contributed by atoms with Crippen LogP contribution in [0.25, 0.3) is 0 Å². The van der Waals surface area contributed by atoms with Crippen LogP contribution < -0.4 is 0 Å². The summed E-state index contributed by atoms with van der Waals surface area (Å²) in [7, 11) is 0. The van der Waals surface area contributed by atoms with Gasteiger partial charge < -0.3 is 28.7 Å². The van der Waals surface area contributed by atoms with Gasteiger partial charge >= 0.3 is 11.9 Å². The van der Waals surface area contributed by atoms with Crippen LogP contribution in [0.15, 0.2) is 0 Å². The first-order valence-corrected chi connectivity index (χ1v) is 13.2. The minimum Gasteiger partial charge on any atom is -0.466 e. The molecule has 1 heterocycles. The highest BCUT2D eigenvalue weighted by atomic mass is 16.5. The molecule has 0 aromatic rings. The molecule has 10 nitrogen and oxygen atoms in total. The maximum atomic E-state index is 13.0. The number of nitrogens with zero attached hydrogens (tertiary/aromatic N) is 2. The normalized spacial score (nSPS) is 19.2. The van der Waals surface area contributed by atoms with E-state index in [-0.39, 0.29) is 47.4 Å². The zero-order chi connectivity index (χ0) is 27.1. The maximum Gasteiger partial charge on any atom is 0.308 e. The summed E-state index contributed by atoms with van der Waals surface area (Å²) < 4.78 is 21.6. The number of amides is 2. The number of hydrogen-bond donors (Lipinski definition) is 0. The summed E-state index contributed by atoms with van der Waals surface area (Å²) in [5.41, 5.74) is 0. The largest absolute Gasteiger partial charge is 0.466 e. The summed E-state index contributed by atoms with van der Waals surface area (Å²) >= 11 is 0. The molecule has 0 aromatic carbocycles. The Morgan fingerprint density at radius 1 is 0.611 bits per heavy atom. The molecule has 0 spiro atoms. The van der Waals surface area contributed by atoms with Crippen molar-refractivity contribution in [2.24, 2.45) is 23.7 Å². The first-order valence-electron chi connectivity index (χ1n) is 13.2. The molecule has 208 valence electrons. The zero-order valence-corrected chi connectivity index (χ0v) is 23.0. The molecule has 1 aliphatic heterocycles. The van der Waals surface area contributed by atoms with Gasteiger partial charge in [0.2, 0.25) is 11.8 Å². The number of esters is 2. The number of rotatable bonds is 10. The molecule has 0 unspecified atom stereocenters. The number of carbonyl (C=O) groups excluding carboxylic acids is 4. The fourth-order valence-corrected chi connectivity index (χ4v) is 4.21. The van der Waals surface area contributed by atoms with Gasteiger partial charge in [0, 0.05) is 38.0 Å². The van der Waals surface area contributed by atoms with Crippen LogP contribution in [0.1, 0.15) is 54.4 Å². The summed E-state index contributed by atoms with van der Waals surface area (Å²) in [6.07, 6.45) is 0.833. The summed E-state index contributed by atoms with van der Waals surface area (Å²) in [4.78, 5) is 53.3. The summed E-state index contributed by atoms with van der Waals surface area (Å²) in [5, 5.41) is 0. The molecule has 0 saturated carbocycles. The van der Waals surface area contributed by atoms with Crippen LogP contribution in [0, 0.1) is 23.7 Å². The third kappa shape index (κ3) is 11.2. The minimum absolute atomic E-state index is 0.0447. The van der Waals surface area contributed by atoms with Crippen LogP contribution in [-0.2, 0) is 38.1 Å². The van der Waals surface area contributed by atoms with E-state index in [1.54, 1.807) is 37.5 Å². The van der Waals surface area contributed by atoms with Crippen molar-refractivity contribution in [3.8, 4) is 0 Å². The van der Waals surface area contributed by atoms with E-state index in [0.717, 1.165) is 0 Å². The van der Waals surface area contributed by atoms with Gasteiger partial charge in [-0.3, -0.25) is 19.2 Å². The molecule has 2 amide bonds. The number of hydrogen-bond acceptors (Lipinski definition) is 8. The van der Waals surface area contributed by atoms with Crippen LogP contribution in [0.3, 0.4) is 0 Å². The fraction of sp³-hybridized carbons (Fsp3) is 0.846. The molecule has 0 N–H and O–H groups in total. The highest BCUT2D eigenvalue weighted by molar-refractivity contribution is 5.80. The lowest BCUT2D eigenvalue weighted by molar-refractivity contribution is -0.149. The molecular formula is C26H46N2O8. The lowest BCUT2D eigenvalue weighted by Crippen LogP contribution is -2.43. The van der Waals surface area contributed by atoms with Gasteiger partial charge in [0.15, 0.2) is 0 Å². The molecule has 36 heavy (non-hydrogen) atoms. The van der Waals surface area contributed by atoms with E-state index in [0.29, 0.717) is 78.7 Å². The zero-order valence-electron chi connectivity index (χ0n) is 23.0. The van der Waals surface area contributed by atoms with Crippen molar-refractivity contribution in [2.45, 2.75) is 54.4 Å². The fourth-order valence-electron chi connectivity index (χ4n) is 4.21. The molecular weight excluding hydrogens is 468 g/mol. The van der Waals surface area contributed by atoms with Gasteiger partial charge in [0.1, 0.15) is 0 Å². The monoisotopic (exact) mass is 514 g/mol. The van der Waals surface area contributed by atoms with Gasteiger partial charge in [0.05, 0.1) is 51.5 Å². The van der Waals surface area contributed by atoms with Gasteiger partial charge in [0.25, 0.3) is 0 Å². The molecule has 0 bridgehead atoms. The van der Waals surface area contributed by atoms with E-state index in [4.69, 9.17) is 18.9 Å². The Bertz CT molecular complexity index is 631. The molecule has 0 aliphatic carbocycles. The third-order valence-corrected chi connectivity index (χ3v) is 6.28. The lowest BCUT2D eigenvalue weighted by atomic mass is 9.96. The average Bonchev–Trinajstić information content (AvgIpc) is 2.83. The van der Waals surface area contributed by atoms with Crippen molar-refractivity contribution in [3.05, 3.63) is 0 Å². The third-order valence-electron chi connectivity index (χ3n) is 6.28. The average molecular weight is 515 g/mol. The smallest absolute Gasteiger partial charge is 0.308 e. The second kappa shape index (κ2) is 17.3. The molecule has 10 heteroatoms. The van der Waals surface area contributed by atoms with Crippen molar-refractivity contribution >= 4 is 23.8 Å². The van der Waals surface area contributed by atoms with Crippen LogP contribution in [0.4, 0.5) is 0 Å². The first kappa shape index (κ1) is 31.8. The van der Waals surface area contributed by atoms with Gasteiger partial charge in [-0.05, 0) is 26.7 Å². The molecule has 4 atom stereocenters. The Hall–Kier alpha value is -2.20. The van der Waals surface area contributed by atoms with Crippen LogP contribution >= 0.6 is 0 Å². The summed E-state index contributed by atoms with van der Waals surface area (Å²) in [5.74, 6) is -2.03. The highest BCUT2D eigenvalue weighted by Gasteiger charge is 2.27. The van der Waals surface area contributed by atoms with Gasteiger partial charge in [-0.25, -0.2) is 0 Å². The van der Waals surface area contributed by atoms with Crippen molar-refractivity contribution in [2.75, 3.05) is 65.8 Å². The molecule has 1 rings (SSSR count). The Kier molecular flexibility index (Phi) is 15.3. The van der Waals surface area contributed by atoms with Crippen molar-refractivity contribution in [3.63, 3.8) is 0 Å². The standard InChI is InChI=1S/C26H46N2O8/c1-7-35-25(31)21(5)17-19(3)23(29)27-9-13-33-15-11-28(12-16-34-14-10-27)24(30)20(4)18-22(6)26(32)36-8-2/h19-22H,7-18H2,1-6H3/t19-,20+,21-,22-/m0/s1. The second-order valence-corrected chi connectivity index (χ2v) is 9.46. The predicted molar refractivity (Wildman–Crippen MR) is 134 cm³/mol. The Balaban J connectivity index is 2.60. The Morgan fingerprint density at radius 2 is 0.917 bits per heavy atom. The summed E-state index contributed by atoms with van der Waals surface area (Å²) in [6.45, 7) is 14.3. The topological polar surface area (TPSA) is 112 Å². The van der Waals surface area contributed by atoms with E-state index >= 15 is 0 Å². The van der Waals surface area contributed by atoms with Crippen molar-refractivity contribution in [1.82, 2.24) is 9.80 Å². The van der Waals surface area contributed by atoms with Gasteiger partial charge in [-0.2, -0.15) is 0 Å². The van der Waals surface area contributed by atoms with Crippen LogP contribution in [0.2, 0.25) is 0 Å². The molecule has 1 aliphatic rings. The predicted octanol–water partition coefficient (Wildman–Crippen LogP) is 2.14. The second-order valence-electron chi connectivity index (χ2n) is 9.46. The first-order chi connectivity index (χ1) is 17.1. The summed E-state index contributed by atoms with van der Waals surface area (Å²) in [6, 6.07) is 0. The van der Waals surface area contributed by atoms with E-state index in [1.165, 1.54) is 0 Å². The quantitative estimate of drug-likeness (QED) is 0.408. The maximum absolute atomic E-state index is 13.0. The lowest BCUT2D eigenvalue weighted by Gasteiger charge is -2.29. The van der Waals surface area contributed by atoms with Gasteiger partial charge in [-0.1, -0.05) is 27.7 Å². The van der Waals surface area contributed by atoms with E-state index < -0.39 is 0 Å².